The molecule has 3 aromatic carbocycles. The predicted molar refractivity (Wildman–Crippen MR) is 285 cm³/mol. The molecule has 1 saturated heterocycles. The predicted octanol–water partition coefficient (Wildman–Crippen LogP) is 1.08. The van der Waals surface area contributed by atoms with Crippen LogP contribution in [0.5, 0.6) is 11.5 Å². The van der Waals surface area contributed by atoms with Crippen LogP contribution in [-0.4, -0.2) is 140 Å². The van der Waals surface area contributed by atoms with Crippen LogP contribution in [0.3, 0.4) is 0 Å². The molecule has 10 N–H and O–H groups in total. The van der Waals surface area contributed by atoms with Gasteiger partial charge in [-0.15, -0.1) is 0 Å². The minimum atomic E-state index is -5.90. The molecule has 5 aromatic rings. The van der Waals surface area contributed by atoms with E-state index in [-0.39, 0.29) is 55.0 Å². The number of nitrogens with two attached hydrogens (primary N) is 1. The fraction of sp³-hybridized carbons (Fsp3) is 0.449. The van der Waals surface area contributed by atoms with Crippen molar-refractivity contribution >= 4 is 69.7 Å². The van der Waals surface area contributed by atoms with E-state index in [0.717, 1.165) is 101 Å². The first-order chi connectivity index (χ1) is 37.9. The van der Waals surface area contributed by atoms with E-state index in [2.05, 4.69) is 81.3 Å². The molecule has 430 valence electrons. The number of hydrogen-bond acceptors (Lipinski definition) is 17. The summed E-state index contributed by atoms with van der Waals surface area (Å²) in [6.07, 6.45) is -2.52. The molecule has 2 unspecified atom stereocenters. The summed E-state index contributed by atoms with van der Waals surface area (Å²) in [6.45, 7) is 6.81. The van der Waals surface area contributed by atoms with Gasteiger partial charge in [0.05, 0.1) is 19.7 Å². The molecule has 2 aromatic heterocycles. The van der Waals surface area contributed by atoms with E-state index < -0.39 is 66.3 Å². The van der Waals surface area contributed by atoms with Crippen molar-refractivity contribution < 1.29 is 84.7 Å². The van der Waals surface area contributed by atoms with Gasteiger partial charge in [-0.2, -0.15) is 8.62 Å². The first-order valence-electron chi connectivity index (χ1n) is 25.8. The van der Waals surface area contributed by atoms with Crippen LogP contribution in [0.15, 0.2) is 59.7 Å². The fourth-order valence-electron chi connectivity index (χ4n) is 10.6. The summed E-state index contributed by atoms with van der Waals surface area (Å²) < 4.78 is 70.6. The number of aromatic nitrogens is 4. The average molecular weight is 1170 g/mol. The number of nitrogen functional groups attached to an aromatic ring is 1. The lowest BCUT2D eigenvalue weighted by molar-refractivity contribution is -0.745. The number of H-pyrrole nitrogens is 1. The lowest BCUT2D eigenvalue weighted by atomic mass is 9.86. The number of anilines is 2. The molecule has 6 heterocycles. The standard InChI is InChI=1S/C49H61N10O18P3/c1-5-57-20-9-12-28-22-32-36(24-34(28)57)73-37-25-35-29(13-10-21-58(35)6-2)23-33(37)40(32)30-14-7-8-15-31(30)46(63)55(3)19-11-16-39(60)51-17-18-52-49(64)75-43-42(61)38(26-72-79(68,69)77-80(70,71)76-78(65,66)67)74-47(43)59-27-56(4)41-44(59)53-48(50)54-45(41)62/h7-8,14-15,22-25,27,38,42-43,47,61H,5-6,9-13,16-21,26H2,1-4H3,(H7-2,50,51,52,53,54,60,62,64,65,66,67,68,69,70,71)/p+2/t38-,42-,43-,47-/m1/s1. The van der Waals surface area contributed by atoms with Gasteiger partial charge in [0.1, 0.15) is 36.8 Å². The highest BCUT2D eigenvalue weighted by Crippen LogP contribution is 2.66. The second-order valence-corrected chi connectivity index (χ2v) is 23.9. The molecular weight excluding hydrogens is 1110 g/mol. The van der Waals surface area contributed by atoms with Crippen LogP contribution < -0.4 is 51.3 Å². The summed E-state index contributed by atoms with van der Waals surface area (Å²) in [6, 6.07) is 16.3. The Hall–Kier alpha value is -6.38. The summed E-state index contributed by atoms with van der Waals surface area (Å²) >= 11 is 0. The number of nitrogens with one attached hydrogen (secondary N) is 3. The van der Waals surface area contributed by atoms with Gasteiger partial charge in [0, 0.05) is 91.8 Å². The number of carbonyl (C=O) groups is 3. The number of ether oxygens (including phenoxy) is 3. The monoisotopic (exact) mass is 1170 g/mol. The number of alkyl carbamates (subject to hydrolysis) is 1. The molecule has 1 fully saturated rings. The van der Waals surface area contributed by atoms with Crippen LogP contribution >= 0.6 is 23.5 Å². The first-order valence-corrected chi connectivity index (χ1v) is 30.3. The maximum atomic E-state index is 14.5. The molecule has 0 saturated carbocycles. The highest BCUT2D eigenvalue weighted by atomic mass is 31.3. The van der Waals surface area contributed by atoms with Crippen molar-refractivity contribution in [3.8, 4) is 11.5 Å². The number of phosphoric ester groups is 1. The van der Waals surface area contributed by atoms with Crippen molar-refractivity contribution in [1.82, 2.24) is 34.6 Å². The van der Waals surface area contributed by atoms with Gasteiger partial charge in [-0.3, -0.25) is 28.5 Å². The molecule has 31 heteroatoms. The van der Waals surface area contributed by atoms with Gasteiger partial charge in [0.2, 0.25) is 23.0 Å². The Morgan fingerprint density at radius 3 is 2.46 bits per heavy atom. The van der Waals surface area contributed by atoms with Crippen LogP contribution in [-0.2, 0) is 61.0 Å². The van der Waals surface area contributed by atoms with Gasteiger partial charge in [0.15, 0.2) is 12.4 Å². The van der Waals surface area contributed by atoms with E-state index in [1.165, 1.54) is 29.1 Å². The Kier molecular flexibility index (Phi) is 17.2. The quantitative estimate of drug-likeness (QED) is 0.0293. The van der Waals surface area contributed by atoms with Gasteiger partial charge in [0.25, 0.3) is 17.4 Å². The zero-order valence-corrected chi connectivity index (χ0v) is 46.7. The molecule has 6 atom stereocenters. The Bertz CT molecular complexity index is 3610. The highest BCUT2D eigenvalue weighted by Gasteiger charge is 2.52. The minimum absolute atomic E-state index is 0.0255. The SMILES string of the molecule is CCN1CCCc2cc3c(cc21)Oc1cc2c(cc1=C3c1ccccc1C(=O)N(C)CCCC(=O)NCCNC(=O)O[C@@H]1[C@H](O)[C@@H](COP(=O)(O)OP(=O)(O)OP(=O)(O)O)O[C@H]1[n+]1cn(C)c3c(=O)[nH]c(N)nc31)CCC[N+]=2CC. The maximum Gasteiger partial charge on any atom is 0.490 e. The van der Waals surface area contributed by atoms with Gasteiger partial charge in [-0.25, -0.2) is 27.6 Å². The number of phosphoric acid groups is 3. The Balaban J connectivity index is 0.832. The van der Waals surface area contributed by atoms with Gasteiger partial charge in [-0.1, -0.05) is 23.2 Å². The second kappa shape index (κ2) is 23.6. The third-order valence-corrected chi connectivity index (χ3v) is 17.9. The number of nitrogens with zero attached hydrogens (tertiary/aromatic N) is 6. The van der Waals surface area contributed by atoms with E-state index in [4.69, 9.17) is 29.7 Å². The number of aromatic amines is 1. The number of aliphatic hydroxyl groups excluding tert-OH is 1. The van der Waals surface area contributed by atoms with Crippen molar-refractivity contribution in [2.24, 2.45) is 7.05 Å². The van der Waals surface area contributed by atoms with E-state index in [1.54, 1.807) is 11.9 Å². The Morgan fingerprint density at radius 1 is 0.963 bits per heavy atom. The van der Waals surface area contributed by atoms with E-state index in [0.29, 0.717) is 12.0 Å². The summed E-state index contributed by atoms with van der Waals surface area (Å²) in [4.78, 5) is 101. The van der Waals surface area contributed by atoms with Crippen LogP contribution in [0, 0.1) is 0 Å². The number of imidazole rings is 1. The number of aliphatic hydroxyl groups is 1. The van der Waals surface area contributed by atoms with E-state index in [9.17, 15) is 47.8 Å². The van der Waals surface area contributed by atoms with Crippen molar-refractivity contribution in [3.05, 3.63) is 104 Å². The van der Waals surface area contributed by atoms with Gasteiger partial charge in [-0.05, 0) is 68.9 Å². The molecule has 0 spiro atoms. The van der Waals surface area contributed by atoms with Crippen molar-refractivity contribution in [2.45, 2.75) is 76.9 Å². The number of amides is 3. The van der Waals surface area contributed by atoms with Crippen LogP contribution in [0.1, 0.15) is 78.4 Å². The number of aryl methyl sites for hydroxylation is 3. The molecule has 4 aliphatic rings. The molecule has 80 heavy (non-hydrogen) atoms. The number of carbonyl (C=O) groups excluding carboxylic acids is 3. The molecule has 9 rings (SSSR count). The zero-order valence-electron chi connectivity index (χ0n) is 44.1. The van der Waals surface area contributed by atoms with Crippen LogP contribution in [0.2, 0.25) is 0 Å². The average Bonchev–Trinajstić information content (AvgIpc) is 3.89. The molecule has 28 nitrogen and oxygen atoms in total. The van der Waals surface area contributed by atoms with Crippen molar-refractivity contribution in [2.75, 3.05) is 70.1 Å². The summed E-state index contributed by atoms with van der Waals surface area (Å²) in [5.74, 6) is 0.545. The third kappa shape index (κ3) is 12.7. The van der Waals surface area contributed by atoms with Crippen LogP contribution in [0.4, 0.5) is 16.4 Å². The fourth-order valence-corrected chi connectivity index (χ4v) is 13.6. The van der Waals surface area contributed by atoms with E-state index in [1.807, 2.05) is 24.3 Å². The molecule has 0 radical (unpaired) electrons. The van der Waals surface area contributed by atoms with Gasteiger partial charge >= 0.3 is 35.2 Å². The van der Waals surface area contributed by atoms with E-state index >= 15 is 0 Å². The maximum absolute atomic E-state index is 14.5. The molecular formula is C49H63N10O18P3+2. The lowest BCUT2D eigenvalue weighted by Crippen LogP contribution is -2.49. The number of hydrogen-bond donors (Lipinski definition) is 9. The minimum Gasteiger partial charge on any atom is -0.456 e. The van der Waals surface area contributed by atoms with Gasteiger partial charge < -0.3 is 65.1 Å². The highest BCUT2D eigenvalue weighted by molar-refractivity contribution is 7.66. The molecule has 0 bridgehead atoms. The number of rotatable bonds is 20. The summed E-state index contributed by atoms with van der Waals surface area (Å²) in [5, 5.41) is 18.6. The molecule has 4 aliphatic heterocycles. The summed E-state index contributed by atoms with van der Waals surface area (Å²) in [5.41, 5.74) is 11.7. The largest absolute Gasteiger partial charge is 0.490 e. The normalized spacial score (nSPS) is 20.1. The second-order valence-electron chi connectivity index (χ2n) is 19.5. The lowest BCUT2D eigenvalue weighted by Gasteiger charge is -2.33. The molecule has 0 aliphatic carbocycles. The number of fused-ring (bicyclic) bond motifs is 5. The first kappa shape index (κ1) is 58.3. The number of benzene rings is 3. The zero-order chi connectivity index (χ0) is 57.4. The van der Waals surface area contributed by atoms with Crippen LogP contribution in [0.25, 0.3) is 16.7 Å². The Morgan fingerprint density at radius 2 is 1.71 bits per heavy atom. The smallest absolute Gasteiger partial charge is 0.456 e. The molecule has 3 amide bonds. The summed E-state index contributed by atoms with van der Waals surface area (Å²) in [7, 11) is -14.1. The third-order valence-electron chi connectivity index (χ3n) is 14.1. The van der Waals surface area contributed by atoms with Crippen molar-refractivity contribution in [1.29, 1.82) is 0 Å². The topological polar surface area (TPSA) is 373 Å². The van der Waals surface area contributed by atoms with Crippen molar-refractivity contribution in [3.63, 3.8) is 0 Å². The Labute approximate surface area is 456 Å².